The van der Waals surface area contributed by atoms with Gasteiger partial charge in [-0.2, -0.15) is 0 Å². The Hall–Kier alpha value is -2.47. The van der Waals surface area contributed by atoms with E-state index in [0.29, 0.717) is 16.7 Å². The lowest BCUT2D eigenvalue weighted by Crippen LogP contribution is -2.13. The van der Waals surface area contributed by atoms with Gasteiger partial charge >= 0.3 is 0 Å². The van der Waals surface area contributed by atoms with Crippen molar-refractivity contribution in [2.75, 3.05) is 0 Å². The molecule has 0 aliphatic heterocycles. The molecule has 0 radical (unpaired) electrons. The molecule has 0 fully saturated rings. The predicted molar refractivity (Wildman–Crippen MR) is 87.7 cm³/mol. The van der Waals surface area contributed by atoms with Crippen LogP contribution in [0, 0.1) is 10.1 Å². The Bertz CT molecular complexity index is 930. The molecule has 1 aliphatic rings. The van der Waals surface area contributed by atoms with E-state index in [9.17, 15) is 18.5 Å². The Kier molecular flexibility index (Phi) is 3.56. The van der Waals surface area contributed by atoms with E-state index in [1.807, 2.05) is 0 Å². The first kappa shape index (κ1) is 15.4. The molecule has 0 saturated heterocycles. The SMILES string of the molecule is CC1=C(C)C(S(=O)(=O)c2ccccc2)c2ccc([N+](=O)[O-])cc21. The molecule has 0 aromatic heterocycles. The summed E-state index contributed by atoms with van der Waals surface area (Å²) >= 11 is 0. The van der Waals surface area contributed by atoms with E-state index < -0.39 is 20.0 Å². The molecule has 1 aliphatic carbocycles. The summed E-state index contributed by atoms with van der Waals surface area (Å²) < 4.78 is 26.0. The average Bonchev–Trinajstić information content (AvgIpc) is 2.79. The molecule has 0 spiro atoms. The zero-order valence-electron chi connectivity index (χ0n) is 12.7. The largest absolute Gasteiger partial charge is 0.270 e. The number of rotatable bonds is 3. The molecule has 0 saturated carbocycles. The van der Waals surface area contributed by atoms with E-state index in [0.717, 1.165) is 5.57 Å². The molecule has 118 valence electrons. The van der Waals surface area contributed by atoms with Crippen molar-refractivity contribution < 1.29 is 13.3 Å². The Labute approximate surface area is 134 Å². The first-order valence-corrected chi connectivity index (χ1v) is 8.63. The number of nitro groups is 1. The molecule has 0 N–H and O–H groups in total. The zero-order chi connectivity index (χ0) is 16.8. The average molecular weight is 329 g/mol. The lowest BCUT2D eigenvalue weighted by Gasteiger charge is -2.15. The highest BCUT2D eigenvalue weighted by atomic mass is 32.2. The van der Waals surface area contributed by atoms with Crippen LogP contribution < -0.4 is 0 Å². The third-order valence-corrected chi connectivity index (χ3v) is 6.46. The molecule has 1 unspecified atom stereocenters. The molecule has 6 heteroatoms. The number of hydrogen-bond acceptors (Lipinski definition) is 4. The molecule has 0 bridgehead atoms. The fraction of sp³-hybridized carbons (Fsp3) is 0.176. The summed E-state index contributed by atoms with van der Waals surface area (Å²) in [6.07, 6.45) is 0. The molecule has 2 aromatic carbocycles. The van der Waals surface area contributed by atoms with Crippen molar-refractivity contribution in [1.82, 2.24) is 0 Å². The Balaban J connectivity index is 2.20. The molecule has 23 heavy (non-hydrogen) atoms. The van der Waals surface area contributed by atoms with Gasteiger partial charge < -0.3 is 0 Å². The van der Waals surface area contributed by atoms with Crippen molar-refractivity contribution in [3.05, 3.63) is 75.3 Å². The second-order valence-electron chi connectivity index (χ2n) is 5.57. The molecule has 2 aromatic rings. The van der Waals surface area contributed by atoms with Crippen molar-refractivity contribution >= 4 is 21.1 Å². The van der Waals surface area contributed by atoms with Crippen molar-refractivity contribution in [3.8, 4) is 0 Å². The van der Waals surface area contributed by atoms with Gasteiger partial charge in [0, 0.05) is 12.1 Å². The number of non-ortho nitro benzene ring substituents is 1. The van der Waals surface area contributed by atoms with Gasteiger partial charge in [-0.1, -0.05) is 18.2 Å². The van der Waals surface area contributed by atoms with Gasteiger partial charge in [-0.3, -0.25) is 10.1 Å². The molecular formula is C17H15NO4S. The van der Waals surface area contributed by atoms with Crippen molar-refractivity contribution in [1.29, 1.82) is 0 Å². The minimum atomic E-state index is -3.60. The van der Waals surface area contributed by atoms with Gasteiger partial charge in [0.05, 0.1) is 9.82 Å². The standard InChI is InChI=1S/C17H15NO4S/c1-11-12(2)17(23(21,22)14-6-4-3-5-7-14)15-9-8-13(18(19)20)10-16(11)15/h3-10,17H,1-2H3. The molecule has 1 atom stereocenters. The second kappa shape index (κ2) is 5.31. The first-order chi connectivity index (χ1) is 10.8. The van der Waals surface area contributed by atoms with Gasteiger partial charge in [0.15, 0.2) is 9.84 Å². The highest BCUT2D eigenvalue weighted by molar-refractivity contribution is 7.92. The lowest BCUT2D eigenvalue weighted by molar-refractivity contribution is -0.384. The van der Waals surface area contributed by atoms with E-state index in [4.69, 9.17) is 0 Å². The molecular weight excluding hydrogens is 314 g/mol. The van der Waals surface area contributed by atoms with Gasteiger partial charge in [-0.15, -0.1) is 0 Å². The minimum absolute atomic E-state index is 0.0336. The smallest absolute Gasteiger partial charge is 0.258 e. The van der Waals surface area contributed by atoms with Crippen LogP contribution in [0.4, 0.5) is 5.69 Å². The number of nitrogens with zero attached hydrogens (tertiary/aromatic N) is 1. The Morgan fingerprint density at radius 2 is 1.70 bits per heavy atom. The number of nitro benzene ring substituents is 1. The van der Waals surface area contributed by atoms with Crippen LogP contribution >= 0.6 is 0 Å². The normalized spacial score (nSPS) is 17.2. The highest BCUT2D eigenvalue weighted by Crippen LogP contribution is 2.47. The first-order valence-electron chi connectivity index (χ1n) is 7.09. The fourth-order valence-corrected chi connectivity index (χ4v) is 4.99. The Morgan fingerprint density at radius 3 is 2.30 bits per heavy atom. The van der Waals surface area contributed by atoms with E-state index in [1.165, 1.54) is 12.1 Å². The summed E-state index contributed by atoms with van der Waals surface area (Å²) in [5.41, 5.74) is 2.71. The lowest BCUT2D eigenvalue weighted by atomic mass is 10.1. The maximum Gasteiger partial charge on any atom is 0.270 e. The van der Waals surface area contributed by atoms with E-state index in [1.54, 1.807) is 50.2 Å². The van der Waals surface area contributed by atoms with E-state index in [2.05, 4.69) is 0 Å². The zero-order valence-corrected chi connectivity index (χ0v) is 13.5. The third-order valence-electron chi connectivity index (χ3n) is 4.30. The molecule has 3 rings (SSSR count). The number of sulfone groups is 1. The van der Waals surface area contributed by atoms with Crippen LogP contribution in [0.25, 0.3) is 5.57 Å². The third kappa shape index (κ3) is 2.35. The van der Waals surface area contributed by atoms with Crippen LogP contribution in [0.2, 0.25) is 0 Å². The van der Waals surface area contributed by atoms with Gasteiger partial charge in [0.2, 0.25) is 0 Å². The summed E-state index contributed by atoms with van der Waals surface area (Å²) in [5.74, 6) is 0. The Morgan fingerprint density at radius 1 is 1.04 bits per heavy atom. The summed E-state index contributed by atoms with van der Waals surface area (Å²) in [6, 6.07) is 12.6. The van der Waals surface area contributed by atoms with Crippen LogP contribution in [0.3, 0.4) is 0 Å². The van der Waals surface area contributed by atoms with Crippen LogP contribution in [0.5, 0.6) is 0 Å². The van der Waals surface area contributed by atoms with Crippen LogP contribution in [-0.4, -0.2) is 13.3 Å². The predicted octanol–water partition coefficient (Wildman–Crippen LogP) is 3.92. The van der Waals surface area contributed by atoms with E-state index in [-0.39, 0.29) is 10.6 Å². The van der Waals surface area contributed by atoms with Gasteiger partial charge in [0.1, 0.15) is 5.25 Å². The van der Waals surface area contributed by atoms with E-state index >= 15 is 0 Å². The number of benzene rings is 2. The van der Waals surface area contributed by atoms with Crippen LogP contribution in [-0.2, 0) is 9.84 Å². The minimum Gasteiger partial charge on any atom is -0.258 e. The van der Waals surface area contributed by atoms with Gasteiger partial charge in [-0.25, -0.2) is 8.42 Å². The maximum absolute atomic E-state index is 13.0. The molecule has 0 amide bonds. The topological polar surface area (TPSA) is 77.3 Å². The molecule has 0 heterocycles. The quantitative estimate of drug-likeness (QED) is 0.631. The highest BCUT2D eigenvalue weighted by Gasteiger charge is 2.38. The van der Waals surface area contributed by atoms with Crippen molar-refractivity contribution in [2.45, 2.75) is 24.0 Å². The number of hydrogen-bond donors (Lipinski definition) is 0. The van der Waals surface area contributed by atoms with Gasteiger partial charge in [0.25, 0.3) is 5.69 Å². The second-order valence-corrected chi connectivity index (χ2v) is 7.61. The monoisotopic (exact) mass is 329 g/mol. The maximum atomic E-state index is 13.0. The van der Waals surface area contributed by atoms with Crippen molar-refractivity contribution in [3.63, 3.8) is 0 Å². The fourth-order valence-electron chi connectivity index (χ4n) is 3.00. The van der Waals surface area contributed by atoms with Crippen molar-refractivity contribution in [2.24, 2.45) is 0 Å². The number of fused-ring (bicyclic) bond motifs is 1. The summed E-state index contributed by atoms with van der Waals surface area (Å²) in [4.78, 5) is 10.7. The summed E-state index contributed by atoms with van der Waals surface area (Å²) in [7, 11) is -3.60. The van der Waals surface area contributed by atoms with Gasteiger partial charge in [-0.05, 0) is 54.3 Å². The molecule has 5 nitrogen and oxygen atoms in total. The van der Waals surface area contributed by atoms with Crippen LogP contribution in [0.15, 0.2) is 59.0 Å². The number of allylic oxidation sites excluding steroid dienone is 1. The summed E-state index contributed by atoms with van der Waals surface area (Å²) in [5, 5.41) is 10.2. The van der Waals surface area contributed by atoms with Crippen LogP contribution in [0.1, 0.15) is 30.2 Å². The summed E-state index contributed by atoms with van der Waals surface area (Å²) in [6.45, 7) is 3.57.